The van der Waals surface area contributed by atoms with Gasteiger partial charge in [0.05, 0.1) is 0 Å². The average molecular weight is 294 g/mol. The van der Waals surface area contributed by atoms with Crippen LogP contribution in [0.25, 0.3) is 0 Å². The van der Waals surface area contributed by atoms with Crippen molar-refractivity contribution in [1.29, 1.82) is 0 Å². The molecule has 7 heavy (non-hydrogen) atoms. The monoisotopic (exact) mass is 295 g/mol. The first kappa shape index (κ1) is 7.88. The molecular weight excluding hydrogens is 283 g/mol. The molecule has 0 amide bonds. The minimum atomic E-state index is 0.906. The van der Waals surface area contributed by atoms with Crippen LogP contribution in [0.15, 0.2) is 0 Å². The second kappa shape index (κ2) is 6.88. The molecule has 0 rings (SSSR count). The zero-order valence-corrected chi connectivity index (χ0v) is 8.62. The van der Waals surface area contributed by atoms with E-state index in [9.17, 15) is 0 Å². The van der Waals surface area contributed by atoms with E-state index in [2.05, 4.69) is 6.92 Å². The van der Waals surface area contributed by atoms with Gasteiger partial charge in [-0.05, 0) is 0 Å². The van der Waals surface area contributed by atoms with Crippen LogP contribution in [0.1, 0.15) is 26.2 Å². The Kier molecular flexibility index (Phi) is 7.75. The molecule has 0 aromatic carbocycles. The molecule has 1 nitrogen and oxygen atoms in total. The van der Waals surface area contributed by atoms with Gasteiger partial charge in [0.1, 0.15) is 0 Å². The standard InChI is InChI=1S/C5H11O.Pb/c1-2-3-4-5-6;/h2-5H2,1H3;/q-1;+1. The van der Waals surface area contributed by atoms with Gasteiger partial charge in [0.2, 0.25) is 0 Å². The summed E-state index contributed by atoms with van der Waals surface area (Å²) in [6, 6.07) is 0. The SMILES string of the molecule is CCCCC[O][Pb]. The third-order valence-corrected chi connectivity index (χ3v) is 1.64. The third kappa shape index (κ3) is 6.88. The van der Waals surface area contributed by atoms with Crippen LogP contribution in [0.2, 0.25) is 0 Å². The van der Waals surface area contributed by atoms with Crippen LogP contribution in [-0.2, 0) is 2.69 Å². The molecule has 0 aliphatic heterocycles. The van der Waals surface area contributed by atoms with Gasteiger partial charge in [-0.2, -0.15) is 0 Å². The van der Waals surface area contributed by atoms with Crippen molar-refractivity contribution in [3.63, 3.8) is 0 Å². The predicted molar refractivity (Wildman–Crippen MR) is 31.2 cm³/mol. The van der Waals surface area contributed by atoms with Gasteiger partial charge in [0, 0.05) is 0 Å². The molecule has 0 unspecified atom stereocenters. The average Bonchev–Trinajstić information content (AvgIpc) is 1.69. The molecule has 3 radical (unpaired) electrons. The van der Waals surface area contributed by atoms with E-state index in [1.54, 1.807) is 0 Å². The Balaban J connectivity index is 2.45. The van der Waals surface area contributed by atoms with Crippen LogP contribution in [0.3, 0.4) is 0 Å². The quantitative estimate of drug-likeness (QED) is 0.560. The van der Waals surface area contributed by atoms with Crippen molar-refractivity contribution >= 4 is 26.2 Å². The number of unbranched alkanes of at least 4 members (excludes halogenated alkanes) is 2. The summed E-state index contributed by atoms with van der Waals surface area (Å²) in [5, 5.41) is 0. The summed E-state index contributed by atoms with van der Waals surface area (Å²) in [6.45, 7) is 3.19. The van der Waals surface area contributed by atoms with Gasteiger partial charge in [-0.25, -0.2) is 0 Å². The van der Waals surface area contributed by atoms with Gasteiger partial charge in [-0.15, -0.1) is 0 Å². The van der Waals surface area contributed by atoms with E-state index in [0.717, 1.165) is 32.8 Å². The van der Waals surface area contributed by atoms with Crippen molar-refractivity contribution in [2.45, 2.75) is 26.2 Å². The molecule has 0 saturated heterocycles. The van der Waals surface area contributed by atoms with Gasteiger partial charge >= 0.3 is 61.7 Å². The third-order valence-electron chi connectivity index (χ3n) is 0.850. The summed E-state index contributed by atoms with van der Waals surface area (Å²) < 4.78 is 4.98. The van der Waals surface area contributed by atoms with E-state index in [0.29, 0.717) is 0 Å². The number of hydrogen-bond donors (Lipinski definition) is 0. The van der Waals surface area contributed by atoms with E-state index in [1.165, 1.54) is 19.3 Å². The molecule has 0 atom stereocenters. The van der Waals surface area contributed by atoms with Crippen molar-refractivity contribution in [2.75, 3.05) is 6.61 Å². The molecule has 0 saturated carbocycles. The van der Waals surface area contributed by atoms with Crippen molar-refractivity contribution in [1.82, 2.24) is 0 Å². The van der Waals surface area contributed by atoms with Crippen molar-refractivity contribution in [3.05, 3.63) is 0 Å². The van der Waals surface area contributed by atoms with Crippen LogP contribution >= 0.6 is 0 Å². The van der Waals surface area contributed by atoms with Crippen LogP contribution in [0.4, 0.5) is 0 Å². The Morgan fingerprint density at radius 3 is 2.57 bits per heavy atom. The van der Waals surface area contributed by atoms with E-state index < -0.39 is 0 Å². The summed E-state index contributed by atoms with van der Waals surface area (Å²) in [6.07, 6.45) is 3.87. The summed E-state index contributed by atoms with van der Waals surface area (Å²) in [5.74, 6) is 0. The summed E-state index contributed by atoms with van der Waals surface area (Å²) >= 11 is 0.906. The fourth-order valence-electron chi connectivity index (χ4n) is 0.424. The van der Waals surface area contributed by atoms with Gasteiger partial charge in [0.25, 0.3) is 0 Å². The van der Waals surface area contributed by atoms with Crippen molar-refractivity contribution in [3.8, 4) is 0 Å². The summed E-state index contributed by atoms with van der Waals surface area (Å²) in [7, 11) is 0. The van der Waals surface area contributed by atoms with E-state index in [1.807, 2.05) is 0 Å². The van der Waals surface area contributed by atoms with E-state index in [4.69, 9.17) is 2.69 Å². The molecule has 2 heteroatoms. The van der Waals surface area contributed by atoms with Gasteiger partial charge in [0.15, 0.2) is 0 Å². The maximum absolute atomic E-state index is 4.98. The zero-order valence-electron chi connectivity index (χ0n) is 4.74. The first-order valence-electron chi connectivity index (χ1n) is 2.70. The van der Waals surface area contributed by atoms with E-state index >= 15 is 0 Å². The fraction of sp³-hybridized carbons (Fsp3) is 1.00. The van der Waals surface area contributed by atoms with Gasteiger partial charge in [-0.3, -0.25) is 0 Å². The van der Waals surface area contributed by atoms with Crippen molar-refractivity contribution < 1.29 is 2.69 Å². The summed E-state index contributed by atoms with van der Waals surface area (Å²) in [4.78, 5) is 0. The molecule has 0 fully saturated rings. The fourth-order valence-corrected chi connectivity index (χ4v) is 0.985. The first-order valence-corrected chi connectivity index (χ1v) is 4.29. The Morgan fingerprint density at radius 2 is 2.14 bits per heavy atom. The second-order valence-corrected chi connectivity index (χ2v) is 2.68. The zero-order chi connectivity index (χ0) is 5.54. The van der Waals surface area contributed by atoms with Crippen molar-refractivity contribution in [2.24, 2.45) is 0 Å². The number of rotatable bonds is 4. The predicted octanol–water partition coefficient (Wildman–Crippen LogP) is 1.28. The molecule has 0 aliphatic carbocycles. The molecule has 0 aliphatic rings. The maximum atomic E-state index is 4.98. The molecule has 0 heterocycles. The molecule has 0 N–H and O–H groups in total. The first-order chi connectivity index (χ1) is 3.41. The molecule has 0 aromatic heterocycles. The number of hydrogen-bond acceptors (Lipinski definition) is 1. The van der Waals surface area contributed by atoms with Crippen LogP contribution in [0.5, 0.6) is 0 Å². The van der Waals surface area contributed by atoms with Crippen LogP contribution < -0.4 is 0 Å². The Morgan fingerprint density at radius 1 is 1.43 bits per heavy atom. The minimum absolute atomic E-state index is 0.906. The molecule has 0 bridgehead atoms. The molecule has 0 spiro atoms. The molecular formula is C5H11OPb. The topological polar surface area (TPSA) is 9.23 Å². The molecule has 0 aromatic rings. The Labute approximate surface area is 61.8 Å². The van der Waals surface area contributed by atoms with E-state index in [-0.39, 0.29) is 0 Å². The van der Waals surface area contributed by atoms with Gasteiger partial charge in [-0.1, -0.05) is 0 Å². The normalized spacial score (nSPS) is 9.43. The van der Waals surface area contributed by atoms with Crippen LogP contribution in [-0.4, -0.2) is 32.8 Å². The Bertz CT molecular complexity index is 27.3. The van der Waals surface area contributed by atoms with Gasteiger partial charge < -0.3 is 0 Å². The Hall–Kier alpha value is 0.882. The second-order valence-electron chi connectivity index (χ2n) is 1.56. The van der Waals surface area contributed by atoms with Crippen LogP contribution in [0, 0.1) is 0 Å². The molecule has 41 valence electrons. The summed E-state index contributed by atoms with van der Waals surface area (Å²) in [5.41, 5.74) is 0.